The third-order valence-electron chi connectivity index (χ3n) is 4.35. The lowest BCUT2D eigenvalue weighted by Gasteiger charge is -2.38. The van der Waals surface area contributed by atoms with Crippen LogP contribution in [0.5, 0.6) is 0 Å². The van der Waals surface area contributed by atoms with Gasteiger partial charge < -0.3 is 16.0 Å². The summed E-state index contributed by atoms with van der Waals surface area (Å²) >= 11 is 0. The van der Waals surface area contributed by atoms with Crippen LogP contribution in [0.2, 0.25) is 0 Å². The van der Waals surface area contributed by atoms with E-state index in [1.807, 2.05) is 6.92 Å². The maximum absolute atomic E-state index is 13.0. The van der Waals surface area contributed by atoms with Crippen molar-refractivity contribution >= 4 is 24.2 Å². The highest BCUT2D eigenvalue weighted by Crippen LogP contribution is 2.31. The number of nitrogens with one attached hydrogen (secondary N) is 1. The minimum atomic E-state index is -4.63. The van der Waals surface area contributed by atoms with Crippen LogP contribution in [0.1, 0.15) is 42.1 Å². The highest BCUT2D eigenvalue weighted by Gasteiger charge is 2.35. The second-order valence-electron chi connectivity index (χ2n) is 6.24. The first-order valence-corrected chi connectivity index (χ1v) is 8.21. The monoisotopic (exact) mass is 393 g/mol. The summed E-state index contributed by atoms with van der Waals surface area (Å²) in [5.41, 5.74) is 4.39. The van der Waals surface area contributed by atoms with Crippen molar-refractivity contribution in [3.8, 4) is 0 Å². The van der Waals surface area contributed by atoms with E-state index in [9.17, 15) is 22.8 Å². The zero-order chi connectivity index (χ0) is 18.6. The number of nitrogens with two attached hydrogens (primary N) is 1. The molecular weight excluding hydrogens is 371 g/mol. The number of nitrogens with zero attached hydrogens (tertiary/aromatic N) is 1. The summed E-state index contributed by atoms with van der Waals surface area (Å²) in [7, 11) is 0. The van der Waals surface area contributed by atoms with Crippen molar-refractivity contribution in [1.82, 2.24) is 10.2 Å². The van der Waals surface area contributed by atoms with E-state index in [1.165, 1.54) is 12.1 Å². The molecule has 146 valence electrons. The van der Waals surface area contributed by atoms with Crippen molar-refractivity contribution in [2.24, 2.45) is 5.73 Å². The molecule has 0 saturated carbocycles. The van der Waals surface area contributed by atoms with E-state index in [4.69, 9.17) is 5.73 Å². The van der Waals surface area contributed by atoms with Gasteiger partial charge in [-0.1, -0.05) is 12.1 Å². The van der Waals surface area contributed by atoms with Crippen LogP contribution in [0.3, 0.4) is 0 Å². The number of hydrogen-bond acceptors (Lipinski definition) is 3. The van der Waals surface area contributed by atoms with Gasteiger partial charge in [0.25, 0.3) is 5.91 Å². The average Bonchev–Trinajstić information content (AvgIpc) is 2.58. The van der Waals surface area contributed by atoms with Crippen molar-refractivity contribution in [3.63, 3.8) is 0 Å². The number of benzene rings is 1. The molecule has 1 fully saturated rings. The molecule has 26 heavy (non-hydrogen) atoms. The SMILES string of the molecule is CC(N)C1CCCCN1C(=O)CNC(=O)c1ccccc1C(F)(F)F.Cl. The molecule has 0 bridgehead atoms. The molecule has 2 amide bonds. The smallest absolute Gasteiger partial charge is 0.343 e. The predicted molar refractivity (Wildman–Crippen MR) is 94.0 cm³/mol. The second kappa shape index (κ2) is 9.23. The fourth-order valence-corrected chi connectivity index (χ4v) is 3.09. The Kier molecular flexibility index (Phi) is 7.89. The number of amides is 2. The van der Waals surface area contributed by atoms with Crippen LogP contribution >= 0.6 is 12.4 Å². The van der Waals surface area contributed by atoms with Gasteiger partial charge in [-0.05, 0) is 38.3 Å². The Morgan fingerprint density at radius 2 is 1.96 bits per heavy atom. The number of alkyl halides is 3. The van der Waals surface area contributed by atoms with Crippen molar-refractivity contribution in [2.45, 2.75) is 44.4 Å². The van der Waals surface area contributed by atoms with Crippen molar-refractivity contribution < 1.29 is 22.8 Å². The van der Waals surface area contributed by atoms with Gasteiger partial charge in [0.05, 0.1) is 17.7 Å². The summed E-state index contributed by atoms with van der Waals surface area (Å²) in [6, 6.07) is 4.18. The molecule has 2 unspecified atom stereocenters. The van der Waals surface area contributed by atoms with Gasteiger partial charge in [0.1, 0.15) is 0 Å². The van der Waals surface area contributed by atoms with Crippen LogP contribution in [0.4, 0.5) is 13.2 Å². The summed E-state index contributed by atoms with van der Waals surface area (Å²) in [5.74, 6) is -1.25. The molecule has 0 radical (unpaired) electrons. The van der Waals surface area contributed by atoms with E-state index in [0.29, 0.717) is 6.54 Å². The second-order valence-corrected chi connectivity index (χ2v) is 6.24. The van der Waals surface area contributed by atoms with E-state index < -0.39 is 23.2 Å². The van der Waals surface area contributed by atoms with Gasteiger partial charge in [-0.15, -0.1) is 12.4 Å². The lowest BCUT2D eigenvalue weighted by atomic mass is 9.97. The zero-order valence-electron chi connectivity index (χ0n) is 14.4. The van der Waals surface area contributed by atoms with E-state index >= 15 is 0 Å². The van der Waals surface area contributed by atoms with Crippen molar-refractivity contribution in [2.75, 3.05) is 13.1 Å². The molecule has 1 aromatic rings. The maximum atomic E-state index is 13.0. The number of halogens is 4. The summed E-state index contributed by atoms with van der Waals surface area (Å²) in [4.78, 5) is 26.1. The third kappa shape index (κ3) is 5.35. The highest BCUT2D eigenvalue weighted by atomic mass is 35.5. The molecule has 3 N–H and O–H groups in total. The number of hydrogen-bond donors (Lipinski definition) is 2. The van der Waals surface area contributed by atoms with Crippen LogP contribution in [-0.4, -0.2) is 41.9 Å². The molecule has 1 aromatic carbocycles. The van der Waals surface area contributed by atoms with E-state index in [2.05, 4.69) is 5.32 Å². The third-order valence-corrected chi connectivity index (χ3v) is 4.35. The topological polar surface area (TPSA) is 75.4 Å². The molecule has 2 atom stereocenters. The van der Waals surface area contributed by atoms with Gasteiger partial charge in [0.15, 0.2) is 0 Å². The lowest BCUT2D eigenvalue weighted by molar-refractivity contribution is -0.138. The molecule has 0 aliphatic carbocycles. The Morgan fingerprint density at radius 3 is 2.58 bits per heavy atom. The van der Waals surface area contributed by atoms with Gasteiger partial charge in [-0.25, -0.2) is 0 Å². The molecule has 0 spiro atoms. The minimum Gasteiger partial charge on any atom is -0.343 e. The standard InChI is InChI=1S/C17H22F3N3O2.ClH/c1-11(21)14-8-4-5-9-23(14)15(24)10-22-16(25)12-6-2-3-7-13(12)17(18,19)20;/h2-3,6-7,11,14H,4-5,8-10,21H2,1H3,(H,22,25);1H. The summed E-state index contributed by atoms with van der Waals surface area (Å²) < 4.78 is 38.9. The summed E-state index contributed by atoms with van der Waals surface area (Å²) in [6.07, 6.45) is -2.03. The van der Waals surface area contributed by atoms with E-state index in [0.717, 1.165) is 31.4 Å². The van der Waals surface area contributed by atoms with E-state index in [1.54, 1.807) is 4.90 Å². The highest BCUT2D eigenvalue weighted by molar-refractivity contribution is 5.97. The number of carbonyl (C=O) groups is 2. The lowest BCUT2D eigenvalue weighted by Crippen LogP contribution is -2.54. The quantitative estimate of drug-likeness (QED) is 0.825. The van der Waals surface area contributed by atoms with Crippen molar-refractivity contribution in [3.05, 3.63) is 35.4 Å². The molecule has 1 saturated heterocycles. The van der Waals surface area contributed by atoms with Crippen molar-refractivity contribution in [1.29, 1.82) is 0 Å². The van der Waals surface area contributed by atoms with Crippen LogP contribution in [0, 0.1) is 0 Å². The molecule has 1 aliphatic rings. The van der Waals surface area contributed by atoms with Gasteiger partial charge in [0.2, 0.25) is 5.91 Å². The van der Waals surface area contributed by atoms with Gasteiger partial charge in [0, 0.05) is 18.6 Å². The average molecular weight is 394 g/mol. The molecule has 9 heteroatoms. The summed E-state index contributed by atoms with van der Waals surface area (Å²) in [6.45, 7) is 2.00. The Balaban J connectivity index is 0.00000338. The van der Waals surface area contributed by atoms with Gasteiger partial charge in [-0.2, -0.15) is 13.2 Å². The molecule has 0 aromatic heterocycles. The fraction of sp³-hybridized carbons (Fsp3) is 0.529. The molecule has 2 rings (SSSR count). The first kappa shape index (κ1) is 22.2. The Hall–Kier alpha value is -1.80. The Labute approximate surface area is 156 Å². The van der Waals surface area contributed by atoms with Crippen LogP contribution in [-0.2, 0) is 11.0 Å². The number of rotatable bonds is 4. The largest absolute Gasteiger partial charge is 0.417 e. The van der Waals surface area contributed by atoms with Gasteiger partial charge >= 0.3 is 6.18 Å². The Bertz CT molecular complexity index is 638. The number of carbonyl (C=O) groups excluding carboxylic acids is 2. The molecular formula is C17H23ClF3N3O2. The number of piperidine rings is 1. The Morgan fingerprint density at radius 1 is 1.31 bits per heavy atom. The normalized spacial score (nSPS) is 18.7. The molecule has 1 aliphatic heterocycles. The first-order chi connectivity index (χ1) is 11.7. The summed E-state index contributed by atoms with van der Waals surface area (Å²) in [5, 5.41) is 2.30. The van der Waals surface area contributed by atoms with E-state index in [-0.39, 0.29) is 36.9 Å². The first-order valence-electron chi connectivity index (χ1n) is 8.21. The predicted octanol–water partition coefficient (Wildman–Crippen LogP) is 2.59. The molecule has 1 heterocycles. The van der Waals surface area contributed by atoms with Crippen LogP contribution in [0.15, 0.2) is 24.3 Å². The molecule has 5 nitrogen and oxygen atoms in total. The fourth-order valence-electron chi connectivity index (χ4n) is 3.09. The minimum absolute atomic E-state index is 0. The zero-order valence-corrected chi connectivity index (χ0v) is 15.2. The van der Waals surface area contributed by atoms with Crippen LogP contribution < -0.4 is 11.1 Å². The van der Waals surface area contributed by atoms with Crippen LogP contribution in [0.25, 0.3) is 0 Å². The number of likely N-dealkylation sites (tertiary alicyclic amines) is 1. The maximum Gasteiger partial charge on any atom is 0.417 e. The van der Waals surface area contributed by atoms with Gasteiger partial charge in [-0.3, -0.25) is 9.59 Å².